The molecule has 116 valence electrons. The minimum absolute atomic E-state index is 0.0544. The van der Waals surface area contributed by atoms with E-state index in [1.165, 1.54) is 7.11 Å². The predicted octanol–water partition coefficient (Wildman–Crippen LogP) is 2.63. The van der Waals surface area contributed by atoms with Crippen molar-refractivity contribution in [2.45, 2.75) is 27.2 Å². The Morgan fingerprint density at radius 3 is 2.57 bits per heavy atom. The van der Waals surface area contributed by atoms with Crippen LogP contribution in [0.2, 0.25) is 0 Å². The van der Waals surface area contributed by atoms with Crippen molar-refractivity contribution in [3.63, 3.8) is 0 Å². The van der Waals surface area contributed by atoms with Crippen molar-refractivity contribution in [3.8, 4) is 5.75 Å². The van der Waals surface area contributed by atoms with Crippen LogP contribution < -0.4 is 15.4 Å². The van der Waals surface area contributed by atoms with E-state index in [9.17, 15) is 9.59 Å². The van der Waals surface area contributed by atoms with Gasteiger partial charge in [-0.25, -0.2) is 4.79 Å². The molecule has 0 fully saturated rings. The highest BCUT2D eigenvalue weighted by Gasteiger charge is 2.31. The first-order valence-electron chi connectivity index (χ1n) is 6.75. The maximum Gasteiger partial charge on any atom is 0.319 e. The lowest BCUT2D eigenvalue weighted by atomic mass is 9.88. The van der Waals surface area contributed by atoms with Crippen molar-refractivity contribution in [2.75, 3.05) is 19.0 Å². The molecule has 1 aromatic carbocycles. The number of aliphatic carboxylic acids is 1. The zero-order chi connectivity index (χ0) is 16.0. The Morgan fingerprint density at radius 1 is 1.38 bits per heavy atom. The first kappa shape index (κ1) is 16.8. The maximum absolute atomic E-state index is 11.9. The molecule has 0 aliphatic heterocycles. The van der Waals surface area contributed by atoms with Gasteiger partial charge >= 0.3 is 12.0 Å². The Kier molecular flexibility index (Phi) is 5.58. The summed E-state index contributed by atoms with van der Waals surface area (Å²) in [4.78, 5) is 23.1. The molecule has 0 saturated heterocycles. The van der Waals surface area contributed by atoms with Crippen LogP contribution in [-0.2, 0) is 4.79 Å². The van der Waals surface area contributed by atoms with Crippen molar-refractivity contribution in [2.24, 2.45) is 5.41 Å². The van der Waals surface area contributed by atoms with Gasteiger partial charge in [-0.3, -0.25) is 4.79 Å². The van der Waals surface area contributed by atoms with Gasteiger partial charge in [-0.2, -0.15) is 0 Å². The molecule has 3 N–H and O–H groups in total. The number of carboxylic acid groups (broad SMARTS) is 1. The highest BCUT2D eigenvalue weighted by molar-refractivity contribution is 5.91. The number of aryl methyl sites for hydroxylation is 1. The zero-order valence-corrected chi connectivity index (χ0v) is 12.8. The number of rotatable bonds is 6. The molecule has 1 unspecified atom stereocenters. The van der Waals surface area contributed by atoms with Crippen molar-refractivity contribution in [1.29, 1.82) is 0 Å². The molecule has 0 bridgehead atoms. The van der Waals surface area contributed by atoms with Gasteiger partial charge in [0.2, 0.25) is 0 Å². The predicted molar refractivity (Wildman–Crippen MR) is 80.8 cm³/mol. The fraction of sp³-hybridized carbons (Fsp3) is 0.467. The number of nitrogens with one attached hydrogen (secondary N) is 2. The Morgan fingerprint density at radius 2 is 2.05 bits per heavy atom. The largest absolute Gasteiger partial charge is 0.495 e. The van der Waals surface area contributed by atoms with Gasteiger partial charge in [-0.1, -0.05) is 13.0 Å². The second kappa shape index (κ2) is 6.97. The molecule has 1 rings (SSSR count). The molecule has 6 heteroatoms. The van der Waals surface area contributed by atoms with E-state index in [0.29, 0.717) is 17.9 Å². The first-order valence-corrected chi connectivity index (χ1v) is 6.75. The van der Waals surface area contributed by atoms with Crippen LogP contribution in [0, 0.1) is 12.3 Å². The van der Waals surface area contributed by atoms with E-state index in [2.05, 4.69) is 10.6 Å². The van der Waals surface area contributed by atoms with E-state index < -0.39 is 17.4 Å². The molecular weight excluding hydrogens is 272 g/mol. The van der Waals surface area contributed by atoms with E-state index in [-0.39, 0.29) is 6.54 Å². The number of hydrogen-bond donors (Lipinski definition) is 3. The number of anilines is 1. The number of ether oxygens (including phenoxy) is 1. The number of carbonyl (C=O) groups is 2. The van der Waals surface area contributed by atoms with E-state index in [4.69, 9.17) is 9.84 Å². The average Bonchev–Trinajstić information content (AvgIpc) is 2.44. The lowest BCUT2D eigenvalue weighted by Gasteiger charge is -2.23. The second-order valence-corrected chi connectivity index (χ2v) is 5.23. The maximum atomic E-state index is 11.9. The number of methoxy groups -OCH3 is 1. The lowest BCUT2D eigenvalue weighted by molar-refractivity contribution is -0.147. The zero-order valence-electron chi connectivity index (χ0n) is 12.8. The fourth-order valence-corrected chi connectivity index (χ4v) is 1.71. The van der Waals surface area contributed by atoms with Gasteiger partial charge in [0.15, 0.2) is 0 Å². The van der Waals surface area contributed by atoms with Crippen molar-refractivity contribution in [3.05, 3.63) is 23.8 Å². The minimum Gasteiger partial charge on any atom is -0.495 e. The lowest BCUT2D eigenvalue weighted by Crippen LogP contribution is -2.42. The molecule has 0 aliphatic carbocycles. The van der Waals surface area contributed by atoms with Gasteiger partial charge in [0.1, 0.15) is 5.75 Å². The molecule has 0 aliphatic rings. The van der Waals surface area contributed by atoms with Gasteiger partial charge in [0, 0.05) is 6.54 Å². The topological polar surface area (TPSA) is 87.7 Å². The molecule has 0 saturated carbocycles. The third-order valence-corrected chi connectivity index (χ3v) is 3.54. The Bertz CT molecular complexity index is 530. The summed E-state index contributed by atoms with van der Waals surface area (Å²) in [5.74, 6) is -0.384. The van der Waals surface area contributed by atoms with Gasteiger partial charge in [-0.05, 0) is 38.0 Å². The molecule has 0 radical (unpaired) electrons. The van der Waals surface area contributed by atoms with Crippen LogP contribution in [0.1, 0.15) is 25.8 Å². The third-order valence-electron chi connectivity index (χ3n) is 3.54. The second-order valence-electron chi connectivity index (χ2n) is 5.23. The number of urea groups is 1. The van der Waals surface area contributed by atoms with Crippen LogP contribution in [0.3, 0.4) is 0 Å². The highest BCUT2D eigenvalue weighted by Crippen LogP contribution is 2.25. The Hall–Kier alpha value is -2.24. The van der Waals surface area contributed by atoms with Crippen LogP contribution in [0.4, 0.5) is 10.5 Å². The summed E-state index contributed by atoms with van der Waals surface area (Å²) in [6.07, 6.45) is 0.427. The van der Waals surface area contributed by atoms with Crippen LogP contribution in [0.15, 0.2) is 18.2 Å². The first-order chi connectivity index (χ1) is 9.82. The molecule has 21 heavy (non-hydrogen) atoms. The van der Waals surface area contributed by atoms with Gasteiger partial charge < -0.3 is 20.5 Å². The molecule has 0 spiro atoms. The smallest absolute Gasteiger partial charge is 0.319 e. The van der Waals surface area contributed by atoms with Crippen LogP contribution >= 0.6 is 0 Å². The van der Waals surface area contributed by atoms with Crippen LogP contribution in [0.25, 0.3) is 0 Å². The fourth-order valence-electron chi connectivity index (χ4n) is 1.71. The van der Waals surface area contributed by atoms with Crippen molar-refractivity contribution >= 4 is 17.7 Å². The third kappa shape index (κ3) is 4.37. The summed E-state index contributed by atoms with van der Waals surface area (Å²) in [6, 6.07) is 4.97. The van der Waals surface area contributed by atoms with E-state index in [1.807, 2.05) is 13.0 Å². The number of benzene rings is 1. The number of carbonyl (C=O) groups excluding carboxylic acids is 1. The monoisotopic (exact) mass is 294 g/mol. The van der Waals surface area contributed by atoms with E-state index in [0.717, 1.165) is 5.56 Å². The summed E-state index contributed by atoms with van der Waals surface area (Å²) in [7, 11) is 1.52. The number of carboxylic acids is 1. The molecule has 1 atom stereocenters. The van der Waals surface area contributed by atoms with Gasteiger partial charge in [0.25, 0.3) is 0 Å². The summed E-state index contributed by atoms with van der Waals surface area (Å²) in [5, 5.41) is 14.4. The Balaban J connectivity index is 2.70. The van der Waals surface area contributed by atoms with Crippen molar-refractivity contribution in [1.82, 2.24) is 5.32 Å². The summed E-state index contributed by atoms with van der Waals surface area (Å²) >= 11 is 0. The SMILES string of the molecule is CCC(C)(CNC(=O)Nc1cc(C)ccc1OC)C(=O)O. The van der Waals surface area contributed by atoms with Gasteiger partial charge in [-0.15, -0.1) is 0 Å². The Labute approximate surface area is 124 Å². The quantitative estimate of drug-likeness (QED) is 0.752. The number of amides is 2. The summed E-state index contributed by atoms with van der Waals surface area (Å²) < 4.78 is 5.17. The minimum atomic E-state index is -0.978. The number of hydrogen-bond acceptors (Lipinski definition) is 3. The van der Waals surface area contributed by atoms with Gasteiger partial charge in [0.05, 0.1) is 18.2 Å². The molecule has 0 heterocycles. The molecule has 1 aromatic rings. The van der Waals surface area contributed by atoms with E-state index >= 15 is 0 Å². The normalized spacial score (nSPS) is 13.1. The molecule has 0 aromatic heterocycles. The summed E-state index contributed by atoms with van der Waals surface area (Å²) in [5.41, 5.74) is 0.548. The van der Waals surface area contributed by atoms with E-state index in [1.54, 1.807) is 26.0 Å². The summed E-state index contributed by atoms with van der Waals surface area (Å²) in [6.45, 7) is 5.33. The molecular formula is C15H22N2O4. The molecule has 2 amide bonds. The van der Waals surface area contributed by atoms with Crippen LogP contribution in [-0.4, -0.2) is 30.8 Å². The van der Waals surface area contributed by atoms with Crippen LogP contribution in [0.5, 0.6) is 5.75 Å². The standard InChI is InChI=1S/C15H22N2O4/c1-5-15(3,13(18)19)9-16-14(20)17-11-8-10(2)6-7-12(11)21-4/h6-8H,5,9H2,1-4H3,(H,18,19)(H2,16,17,20). The highest BCUT2D eigenvalue weighted by atomic mass is 16.5. The van der Waals surface area contributed by atoms with Crippen molar-refractivity contribution < 1.29 is 19.4 Å². The molecule has 6 nitrogen and oxygen atoms in total. The average molecular weight is 294 g/mol.